The molecule has 0 aromatic heterocycles. The van der Waals surface area contributed by atoms with E-state index in [1.807, 2.05) is 21.1 Å². The number of hydrogen-bond donors (Lipinski definition) is 3. The fraction of sp³-hybridized carbons (Fsp3) is 0.862. The molecule has 3 N–H and O–H groups in total. The van der Waals surface area contributed by atoms with E-state index < -0.39 is 12.9 Å². The maximum absolute atomic E-state index is 11.8. The lowest BCUT2D eigenvalue weighted by atomic mass is 10.1. The van der Waals surface area contributed by atoms with Gasteiger partial charge in [0.1, 0.15) is 6.54 Å². The zero-order chi connectivity index (χ0) is 26.5. The smallest absolute Gasteiger partial charge is 0.362 e. The van der Waals surface area contributed by atoms with Crippen molar-refractivity contribution >= 4 is 7.60 Å². The minimum Gasteiger partial charge on any atom is -0.373 e. The van der Waals surface area contributed by atoms with E-state index in [1.165, 1.54) is 77.0 Å². The highest BCUT2D eigenvalue weighted by Crippen LogP contribution is 2.52. The summed E-state index contributed by atoms with van der Waals surface area (Å²) in [4.78, 5) is 19.2. The van der Waals surface area contributed by atoms with Gasteiger partial charge in [-0.1, -0.05) is 89.0 Å². The fourth-order valence-corrected chi connectivity index (χ4v) is 5.55. The molecule has 0 aromatic carbocycles. The van der Waals surface area contributed by atoms with Crippen LogP contribution in [-0.2, 0) is 4.57 Å². The largest absolute Gasteiger partial charge is 0.373 e. The lowest BCUT2D eigenvalue weighted by molar-refractivity contribution is -0.875. The number of rotatable bonds is 24. The van der Waals surface area contributed by atoms with Gasteiger partial charge in [0.15, 0.2) is 0 Å². The zero-order valence-electron chi connectivity index (χ0n) is 23.6. The second kappa shape index (κ2) is 20.6. The van der Waals surface area contributed by atoms with Crippen molar-refractivity contribution in [2.24, 2.45) is 0 Å². The molecule has 0 aliphatic rings. The van der Waals surface area contributed by atoms with Crippen molar-refractivity contribution in [3.05, 3.63) is 24.3 Å². The molecule has 0 amide bonds. The molecular weight excluding hydrogens is 457 g/mol. The summed E-state index contributed by atoms with van der Waals surface area (Å²) in [6, 6.07) is 0. The van der Waals surface area contributed by atoms with Gasteiger partial charge >= 0.3 is 7.60 Å². The highest BCUT2D eigenvalue weighted by Gasteiger charge is 2.48. The van der Waals surface area contributed by atoms with Crippen LogP contribution < -0.4 is 0 Å². The highest BCUT2D eigenvalue weighted by atomic mass is 31.2. The van der Waals surface area contributed by atoms with Crippen LogP contribution in [0.5, 0.6) is 0 Å². The average molecular weight is 517 g/mol. The van der Waals surface area contributed by atoms with Crippen LogP contribution in [0.25, 0.3) is 0 Å². The van der Waals surface area contributed by atoms with Crippen LogP contribution in [0, 0.1) is 0 Å². The van der Waals surface area contributed by atoms with Gasteiger partial charge in [-0.25, -0.2) is 0 Å². The van der Waals surface area contributed by atoms with Gasteiger partial charge in [-0.3, -0.25) is 4.57 Å². The quantitative estimate of drug-likeness (QED) is 0.0524. The van der Waals surface area contributed by atoms with Gasteiger partial charge in [0.25, 0.3) is 0 Å². The van der Waals surface area contributed by atoms with Crippen molar-refractivity contribution < 1.29 is 23.9 Å². The molecule has 0 aliphatic carbocycles. The van der Waals surface area contributed by atoms with E-state index in [0.717, 1.165) is 32.1 Å². The third-order valence-electron chi connectivity index (χ3n) is 6.52. The summed E-state index contributed by atoms with van der Waals surface area (Å²) in [5.74, 6) is 0. The molecule has 0 fully saturated rings. The van der Waals surface area contributed by atoms with Gasteiger partial charge in [0, 0.05) is 0 Å². The molecule has 6 heteroatoms. The van der Waals surface area contributed by atoms with Crippen molar-refractivity contribution in [1.82, 2.24) is 0 Å². The van der Waals surface area contributed by atoms with Gasteiger partial charge in [-0.2, -0.15) is 0 Å². The molecule has 0 aromatic rings. The molecular formula is C29H59NO4P+. The van der Waals surface area contributed by atoms with E-state index in [4.69, 9.17) is 0 Å². The standard InChI is InChI=1S/C29H58NO4P/c1-5-6-7-8-9-10-11-12-13-14-15-16-17-18-19-20-21-22-23-24-25-26-27-29(31,35(32,33)34)28-30(2,3)4/h14-15,20-21,31H,5-13,16-19,22-28H2,1-4H3,(H-,32,33,34)/p+1/b15-14-,21-20-. The topological polar surface area (TPSA) is 77.8 Å². The average Bonchev–Trinajstić information content (AvgIpc) is 2.75. The molecule has 0 heterocycles. The maximum Gasteiger partial charge on any atom is 0.362 e. The van der Waals surface area contributed by atoms with Gasteiger partial charge in [0.2, 0.25) is 5.34 Å². The number of likely N-dealkylation sites (N-methyl/N-ethyl adjacent to an activating group) is 1. The minimum absolute atomic E-state index is 0.0507. The van der Waals surface area contributed by atoms with Crippen molar-refractivity contribution in [2.45, 2.75) is 134 Å². The first-order valence-electron chi connectivity index (χ1n) is 14.4. The fourth-order valence-electron chi connectivity index (χ4n) is 4.49. The van der Waals surface area contributed by atoms with Gasteiger partial charge in [-0.05, 0) is 64.2 Å². The number of quaternary nitrogens is 1. The Bertz CT molecular complexity index is 594. The van der Waals surface area contributed by atoms with E-state index in [2.05, 4.69) is 31.2 Å². The van der Waals surface area contributed by atoms with E-state index in [-0.39, 0.29) is 13.0 Å². The molecule has 5 nitrogen and oxygen atoms in total. The molecule has 0 aliphatic heterocycles. The number of hydrogen-bond acceptors (Lipinski definition) is 2. The summed E-state index contributed by atoms with van der Waals surface area (Å²) in [5, 5.41) is 8.63. The summed E-state index contributed by atoms with van der Waals surface area (Å²) < 4.78 is 12.1. The molecule has 0 spiro atoms. The minimum atomic E-state index is -4.56. The number of nitrogens with zero attached hydrogens (tertiary/aromatic N) is 1. The van der Waals surface area contributed by atoms with Gasteiger partial charge in [-0.15, -0.1) is 0 Å². The van der Waals surface area contributed by atoms with Crippen LogP contribution in [-0.4, -0.2) is 52.4 Å². The normalized spacial score (nSPS) is 14.8. The Hall–Kier alpha value is -0.450. The Labute approximate surface area is 217 Å². The third-order valence-corrected chi connectivity index (χ3v) is 7.97. The summed E-state index contributed by atoms with van der Waals surface area (Å²) in [7, 11) is 0.951. The highest BCUT2D eigenvalue weighted by molar-refractivity contribution is 7.53. The number of allylic oxidation sites excluding steroid dienone is 4. The molecule has 0 saturated carbocycles. The SMILES string of the molecule is CCCCCCCCCC/C=C\CCCC/C=C\CCCCCCC(O)(C[N+](C)(C)C)P(=O)(O)O. The second-order valence-electron chi connectivity index (χ2n) is 11.4. The van der Waals surface area contributed by atoms with Crippen LogP contribution >= 0.6 is 7.60 Å². The Morgan fingerprint density at radius 3 is 1.34 bits per heavy atom. The summed E-state index contributed by atoms with van der Waals surface area (Å²) in [6.07, 6.45) is 31.3. The Morgan fingerprint density at radius 1 is 0.629 bits per heavy atom. The van der Waals surface area contributed by atoms with Crippen molar-refractivity contribution in [2.75, 3.05) is 27.7 Å². The molecule has 0 bridgehead atoms. The van der Waals surface area contributed by atoms with Crippen LogP contribution in [0.2, 0.25) is 0 Å². The first kappa shape index (κ1) is 34.6. The van der Waals surface area contributed by atoms with Crippen molar-refractivity contribution in [1.29, 1.82) is 0 Å². The summed E-state index contributed by atoms with van der Waals surface area (Å²) in [6.45, 7) is 2.32. The molecule has 0 rings (SSSR count). The van der Waals surface area contributed by atoms with Crippen LogP contribution in [0.1, 0.15) is 129 Å². The van der Waals surface area contributed by atoms with Crippen LogP contribution in [0.3, 0.4) is 0 Å². The van der Waals surface area contributed by atoms with E-state index in [1.54, 1.807) is 0 Å². The summed E-state index contributed by atoms with van der Waals surface area (Å²) >= 11 is 0. The van der Waals surface area contributed by atoms with Gasteiger partial charge < -0.3 is 19.4 Å². The Kier molecular flexibility index (Phi) is 20.3. The van der Waals surface area contributed by atoms with E-state index >= 15 is 0 Å². The molecule has 0 radical (unpaired) electrons. The van der Waals surface area contributed by atoms with E-state index in [0.29, 0.717) is 10.9 Å². The second-order valence-corrected chi connectivity index (χ2v) is 13.3. The lowest BCUT2D eigenvalue weighted by Gasteiger charge is -2.35. The van der Waals surface area contributed by atoms with Crippen molar-refractivity contribution in [3.8, 4) is 0 Å². The molecule has 1 unspecified atom stereocenters. The Morgan fingerprint density at radius 2 is 0.971 bits per heavy atom. The maximum atomic E-state index is 11.8. The zero-order valence-corrected chi connectivity index (χ0v) is 24.5. The third kappa shape index (κ3) is 21.4. The first-order chi connectivity index (χ1) is 16.5. The molecule has 0 saturated heterocycles. The number of unbranched alkanes of at least 4 members (excludes halogenated alkanes) is 15. The first-order valence-corrected chi connectivity index (χ1v) is 16.0. The molecule has 208 valence electrons. The predicted octanol–water partition coefficient (Wildman–Crippen LogP) is 8.10. The van der Waals surface area contributed by atoms with Crippen LogP contribution in [0.4, 0.5) is 0 Å². The van der Waals surface area contributed by atoms with Crippen LogP contribution in [0.15, 0.2) is 24.3 Å². The monoisotopic (exact) mass is 516 g/mol. The molecule has 1 atom stereocenters. The van der Waals surface area contributed by atoms with Crippen molar-refractivity contribution in [3.63, 3.8) is 0 Å². The van der Waals surface area contributed by atoms with Gasteiger partial charge in [0.05, 0.1) is 21.1 Å². The lowest BCUT2D eigenvalue weighted by Crippen LogP contribution is -2.49. The number of aliphatic hydroxyl groups is 1. The summed E-state index contributed by atoms with van der Waals surface area (Å²) in [5.41, 5.74) is 0. The molecule has 35 heavy (non-hydrogen) atoms. The predicted molar refractivity (Wildman–Crippen MR) is 152 cm³/mol. The Balaban J connectivity index is 3.61. The van der Waals surface area contributed by atoms with E-state index in [9.17, 15) is 19.5 Å².